The molecule has 0 unspecified atom stereocenters. The first-order chi connectivity index (χ1) is 15.8. The Morgan fingerprint density at radius 2 is 1.50 bits per heavy atom. The van der Waals surface area contributed by atoms with Gasteiger partial charge >= 0.3 is 0 Å². The Kier molecular flexibility index (Phi) is 6.31. The number of hydrazone groups is 1. The third-order valence-corrected chi connectivity index (χ3v) is 6.74. The van der Waals surface area contributed by atoms with Gasteiger partial charge in [-0.15, -0.1) is 0 Å². The molecule has 4 nitrogen and oxygen atoms in total. The van der Waals surface area contributed by atoms with Crippen LogP contribution in [-0.4, -0.2) is 41.2 Å². The first-order valence-corrected chi connectivity index (χ1v) is 11.9. The fraction of sp³-hybridized carbons (Fsp3) is 0.357. The van der Waals surface area contributed by atoms with Crippen molar-refractivity contribution >= 4 is 22.4 Å². The smallest absolute Gasteiger partial charge is 0.257 e. The zero-order chi connectivity index (χ0) is 21.8. The van der Waals surface area contributed by atoms with Crippen LogP contribution in [0, 0.1) is 0 Å². The van der Waals surface area contributed by atoms with Crippen LogP contribution in [-0.2, 0) is 4.79 Å². The Labute approximate surface area is 190 Å². The quantitative estimate of drug-likeness (QED) is 0.531. The Balaban J connectivity index is 1.42. The van der Waals surface area contributed by atoms with Crippen molar-refractivity contribution in [3.8, 4) is 0 Å². The molecule has 0 bridgehead atoms. The van der Waals surface area contributed by atoms with Gasteiger partial charge in [0.25, 0.3) is 5.91 Å². The number of fused-ring (bicyclic) bond motifs is 1. The molecule has 0 aliphatic carbocycles. The van der Waals surface area contributed by atoms with E-state index in [1.54, 1.807) is 5.01 Å². The minimum Gasteiger partial charge on any atom is -0.294 e. The molecular weight excluding hydrogens is 394 g/mol. The van der Waals surface area contributed by atoms with Gasteiger partial charge in [-0.2, -0.15) is 5.10 Å². The lowest BCUT2D eigenvalue weighted by molar-refractivity contribution is -0.134. The summed E-state index contributed by atoms with van der Waals surface area (Å²) in [6, 6.07) is 25.2. The van der Waals surface area contributed by atoms with Gasteiger partial charge in [-0.3, -0.25) is 9.69 Å². The summed E-state index contributed by atoms with van der Waals surface area (Å²) in [5.74, 6) is 0.107. The largest absolute Gasteiger partial charge is 0.294 e. The zero-order valence-corrected chi connectivity index (χ0v) is 18.6. The molecule has 3 aromatic carbocycles. The van der Waals surface area contributed by atoms with Crippen LogP contribution >= 0.6 is 0 Å². The summed E-state index contributed by atoms with van der Waals surface area (Å²) in [6.07, 6.45) is 6.97. The topological polar surface area (TPSA) is 35.9 Å². The summed E-state index contributed by atoms with van der Waals surface area (Å²) in [7, 11) is 0. The SMILES string of the molecule is O=C(CN1CCCCCCC1)N1N=C(c2ccc3ccccc3c2)C[C@H]1c1ccccc1. The van der Waals surface area contributed by atoms with E-state index < -0.39 is 0 Å². The maximum atomic E-state index is 13.5. The van der Waals surface area contributed by atoms with Crippen molar-refractivity contribution in [3.63, 3.8) is 0 Å². The maximum Gasteiger partial charge on any atom is 0.257 e. The van der Waals surface area contributed by atoms with Crippen molar-refractivity contribution in [2.24, 2.45) is 5.10 Å². The minimum absolute atomic E-state index is 0.0417. The lowest BCUT2D eigenvalue weighted by Gasteiger charge is -2.27. The van der Waals surface area contributed by atoms with Gasteiger partial charge in [0, 0.05) is 6.42 Å². The minimum atomic E-state index is -0.0417. The molecule has 1 atom stereocenters. The van der Waals surface area contributed by atoms with Crippen molar-refractivity contribution in [2.75, 3.05) is 19.6 Å². The fourth-order valence-corrected chi connectivity index (χ4v) is 4.95. The molecule has 0 N–H and O–H groups in total. The summed E-state index contributed by atoms with van der Waals surface area (Å²) in [5.41, 5.74) is 3.24. The lowest BCUT2D eigenvalue weighted by atomic mass is 9.97. The summed E-state index contributed by atoms with van der Waals surface area (Å²) in [4.78, 5) is 15.8. The van der Waals surface area contributed by atoms with Crippen molar-refractivity contribution in [1.29, 1.82) is 0 Å². The third kappa shape index (κ3) is 4.61. The van der Waals surface area contributed by atoms with Gasteiger partial charge in [0.1, 0.15) is 0 Å². The molecular formula is C28H31N3O. The first kappa shape index (κ1) is 20.9. The summed E-state index contributed by atoms with van der Waals surface area (Å²) >= 11 is 0. The molecule has 2 aliphatic heterocycles. The number of benzene rings is 3. The van der Waals surface area contributed by atoms with Crippen LogP contribution in [0.15, 0.2) is 77.9 Å². The van der Waals surface area contributed by atoms with E-state index in [0.29, 0.717) is 6.54 Å². The van der Waals surface area contributed by atoms with Crippen molar-refractivity contribution < 1.29 is 4.79 Å². The van der Waals surface area contributed by atoms with Crippen LogP contribution < -0.4 is 0 Å². The van der Waals surface area contributed by atoms with Crippen LogP contribution in [0.3, 0.4) is 0 Å². The number of rotatable bonds is 4. The molecule has 5 rings (SSSR count). The lowest BCUT2D eigenvalue weighted by Crippen LogP contribution is -2.39. The second-order valence-corrected chi connectivity index (χ2v) is 9.02. The molecule has 0 saturated carbocycles. The number of carbonyl (C=O) groups is 1. The fourth-order valence-electron chi connectivity index (χ4n) is 4.95. The number of hydrogen-bond acceptors (Lipinski definition) is 3. The molecule has 1 fully saturated rings. The Bertz CT molecular complexity index is 1100. The van der Waals surface area contributed by atoms with Gasteiger partial charge < -0.3 is 0 Å². The first-order valence-electron chi connectivity index (χ1n) is 11.9. The molecule has 0 radical (unpaired) electrons. The molecule has 1 saturated heterocycles. The highest BCUT2D eigenvalue weighted by Crippen LogP contribution is 2.33. The second kappa shape index (κ2) is 9.66. The molecule has 0 spiro atoms. The molecule has 0 aromatic heterocycles. The Hall–Kier alpha value is -2.98. The number of nitrogens with zero attached hydrogens (tertiary/aromatic N) is 3. The van der Waals surface area contributed by atoms with E-state index >= 15 is 0 Å². The van der Waals surface area contributed by atoms with Gasteiger partial charge in [-0.25, -0.2) is 5.01 Å². The van der Waals surface area contributed by atoms with Crippen molar-refractivity contribution in [1.82, 2.24) is 9.91 Å². The summed E-state index contributed by atoms with van der Waals surface area (Å²) in [5, 5.41) is 9.09. The van der Waals surface area contributed by atoms with Crippen LogP contribution in [0.2, 0.25) is 0 Å². The molecule has 3 aromatic rings. The highest BCUT2D eigenvalue weighted by Gasteiger charge is 2.33. The predicted molar refractivity (Wildman–Crippen MR) is 131 cm³/mol. The van der Waals surface area contributed by atoms with E-state index in [1.807, 2.05) is 18.2 Å². The van der Waals surface area contributed by atoms with E-state index in [2.05, 4.69) is 59.5 Å². The average Bonchev–Trinajstić information content (AvgIpc) is 3.27. The van der Waals surface area contributed by atoms with Crippen molar-refractivity contribution in [3.05, 3.63) is 83.9 Å². The highest BCUT2D eigenvalue weighted by atomic mass is 16.2. The van der Waals surface area contributed by atoms with Gasteiger partial charge in [0.15, 0.2) is 0 Å². The van der Waals surface area contributed by atoms with E-state index in [4.69, 9.17) is 5.10 Å². The van der Waals surface area contributed by atoms with E-state index in [1.165, 1.54) is 42.9 Å². The van der Waals surface area contributed by atoms with Crippen LogP contribution in [0.4, 0.5) is 0 Å². The Morgan fingerprint density at radius 3 is 2.28 bits per heavy atom. The molecule has 2 heterocycles. The number of hydrogen-bond donors (Lipinski definition) is 0. The van der Waals surface area contributed by atoms with Gasteiger partial charge in [0.2, 0.25) is 0 Å². The third-order valence-electron chi connectivity index (χ3n) is 6.74. The van der Waals surface area contributed by atoms with Gasteiger partial charge in [0.05, 0.1) is 18.3 Å². The van der Waals surface area contributed by atoms with Crippen molar-refractivity contribution in [2.45, 2.75) is 44.6 Å². The predicted octanol–water partition coefficient (Wildman–Crippen LogP) is 5.78. The maximum absolute atomic E-state index is 13.5. The molecule has 1 amide bonds. The van der Waals surface area contributed by atoms with Crippen LogP contribution in [0.5, 0.6) is 0 Å². The molecule has 4 heteroatoms. The van der Waals surface area contributed by atoms with E-state index in [9.17, 15) is 4.79 Å². The number of likely N-dealkylation sites (tertiary alicyclic amines) is 1. The zero-order valence-electron chi connectivity index (χ0n) is 18.6. The summed E-state index contributed by atoms with van der Waals surface area (Å²) in [6.45, 7) is 2.48. The monoisotopic (exact) mass is 425 g/mol. The second-order valence-electron chi connectivity index (χ2n) is 9.02. The normalized spacial score (nSPS) is 20.1. The number of amides is 1. The van der Waals surface area contributed by atoms with Crippen LogP contribution in [0.1, 0.15) is 55.7 Å². The summed E-state index contributed by atoms with van der Waals surface area (Å²) < 4.78 is 0. The molecule has 32 heavy (non-hydrogen) atoms. The molecule has 164 valence electrons. The average molecular weight is 426 g/mol. The highest BCUT2D eigenvalue weighted by molar-refractivity contribution is 6.05. The van der Waals surface area contributed by atoms with Gasteiger partial charge in [-0.1, -0.05) is 86.0 Å². The molecule has 2 aliphatic rings. The number of carbonyl (C=O) groups excluding carboxylic acids is 1. The Morgan fingerprint density at radius 1 is 0.812 bits per heavy atom. The van der Waals surface area contributed by atoms with Gasteiger partial charge in [-0.05, 0) is 53.9 Å². The van der Waals surface area contributed by atoms with E-state index in [-0.39, 0.29) is 11.9 Å². The van der Waals surface area contributed by atoms with Crippen LogP contribution in [0.25, 0.3) is 10.8 Å². The van der Waals surface area contributed by atoms with E-state index in [0.717, 1.165) is 36.3 Å². The standard InChI is InChI=1S/C28H31N3O/c32-28(21-30-17-9-2-1-3-10-18-30)31-27(23-12-5-4-6-13-23)20-26(29-31)25-16-15-22-11-7-8-14-24(22)19-25/h4-8,11-16,19,27H,1-3,9-10,17-18,20-21H2/t27-/m0/s1.